The molecule has 1 fully saturated rings. The molecule has 0 amide bonds. The van der Waals surface area contributed by atoms with Gasteiger partial charge in [0.2, 0.25) is 0 Å². The lowest BCUT2D eigenvalue weighted by Gasteiger charge is -2.30. The Labute approximate surface area is 120 Å². The molecule has 2 heterocycles. The number of anilines is 1. The van der Waals surface area contributed by atoms with E-state index in [-0.39, 0.29) is 0 Å². The van der Waals surface area contributed by atoms with Crippen LogP contribution in [0.25, 0.3) is 0 Å². The number of rotatable bonds is 6. The van der Waals surface area contributed by atoms with E-state index in [1.165, 1.54) is 12.2 Å². The molecular formula is C14H25N3OS. The second kappa shape index (κ2) is 7.20. The van der Waals surface area contributed by atoms with Crippen molar-refractivity contribution < 1.29 is 4.42 Å². The van der Waals surface area contributed by atoms with Gasteiger partial charge < -0.3 is 14.6 Å². The van der Waals surface area contributed by atoms with Crippen LogP contribution in [-0.4, -0.2) is 35.6 Å². The lowest BCUT2D eigenvalue weighted by atomic mass is 10.2. The minimum atomic E-state index is 0.663. The number of aromatic nitrogens is 1. The fourth-order valence-electron chi connectivity index (χ4n) is 2.15. The number of thioether (sulfide) groups is 1. The van der Waals surface area contributed by atoms with Crippen LogP contribution >= 0.6 is 11.8 Å². The van der Waals surface area contributed by atoms with Crippen molar-refractivity contribution in [1.29, 1.82) is 0 Å². The van der Waals surface area contributed by atoms with Gasteiger partial charge in [-0.2, -0.15) is 16.7 Å². The zero-order valence-electron chi connectivity index (χ0n) is 12.2. The van der Waals surface area contributed by atoms with Gasteiger partial charge in [-0.15, -0.1) is 0 Å². The van der Waals surface area contributed by atoms with Crippen LogP contribution in [0.5, 0.6) is 0 Å². The molecule has 4 nitrogen and oxygen atoms in total. The van der Waals surface area contributed by atoms with Gasteiger partial charge >= 0.3 is 0 Å². The normalized spacial score (nSPS) is 20.2. The van der Waals surface area contributed by atoms with Crippen LogP contribution < -0.4 is 10.2 Å². The second-order valence-electron chi connectivity index (χ2n) is 5.49. The fourth-order valence-corrected chi connectivity index (χ4v) is 3.33. The van der Waals surface area contributed by atoms with E-state index in [1.807, 2.05) is 0 Å². The number of nitrogens with one attached hydrogen (secondary N) is 1. The summed E-state index contributed by atoms with van der Waals surface area (Å²) >= 11 is 2.06. The summed E-state index contributed by atoms with van der Waals surface area (Å²) in [7, 11) is 0. The molecule has 5 heteroatoms. The Kier molecular flexibility index (Phi) is 5.58. The summed E-state index contributed by atoms with van der Waals surface area (Å²) in [4.78, 5) is 6.86. The molecule has 0 radical (unpaired) electrons. The van der Waals surface area contributed by atoms with Crippen LogP contribution in [0.2, 0.25) is 0 Å². The lowest BCUT2D eigenvalue weighted by Crippen LogP contribution is -2.37. The van der Waals surface area contributed by atoms with Crippen molar-refractivity contribution in [3.8, 4) is 0 Å². The van der Waals surface area contributed by atoms with E-state index in [1.54, 1.807) is 6.26 Å². The molecule has 19 heavy (non-hydrogen) atoms. The third-order valence-corrected chi connectivity index (χ3v) is 4.64. The molecule has 1 unspecified atom stereocenters. The van der Waals surface area contributed by atoms with Gasteiger partial charge in [-0.3, -0.25) is 0 Å². The lowest BCUT2D eigenvalue weighted by molar-refractivity contribution is 0.526. The number of hydrogen-bond donors (Lipinski definition) is 1. The Morgan fingerprint density at radius 2 is 2.42 bits per heavy atom. The molecule has 1 aliphatic rings. The van der Waals surface area contributed by atoms with E-state index in [0.29, 0.717) is 11.2 Å². The van der Waals surface area contributed by atoms with Gasteiger partial charge in [-0.25, -0.2) is 0 Å². The smallest absolute Gasteiger partial charge is 0.297 e. The summed E-state index contributed by atoms with van der Waals surface area (Å²) in [5.41, 5.74) is 1.00. The molecule has 0 aliphatic carbocycles. The maximum atomic E-state index is 5.62. The molecule has 1 saturated heterocycles. The standard InChI is InChI=1S/C14H25N3OS/c1-4-13-9-17(5-6-19-13)14-16-12(10-18-14)8-15-7-11(2)3/h10-11,13,15H,4-9H2,1-3H3. The van der Waals surface area contributed by atoms with Crippen LogP contribution in [0, 0.1) is 5.92 Å². The number of hydrogen-bond acceptors (Lipinski definition) is 5. The summed E-state index contributed by atoms with van der Waals surface area (Å²) in [5, 5.41) is 4.10. The molecule has 0 saturated carbocycles. The molecule has 1 N–H and O–H groups in total. The van der Waals surface area contributed by atoms with E-state index in [4.69, 9.17) is 4.42 Å². The fraction of sp³-hybridized carbons (Fsp3) is 0.786. The van der Waals surface area contributed by atoms with Crippen molar-refractivity contribution in [3.05, 3.63) is 12.0 Å². The highest BCUT2D eigenvalue weighted by Crippen LogP contribution is 2.25. The molecule has 0 bridgehead atoms. The summed E-state index contributed by atoms with van der Waals surface area (Å²) in [6.45, 7) is 10.6. The van der Waals surface area contributed by atoms with Crippen molar-refractivity contribution in [1.82, 2.24) is 10.3 Å². The van der Waals surface area contributed by atoms with Crippen molar-refractivity contribution in [2.75, 3.05) is 30.3 Å². The summed E-state index contributed by atoms with van der Waals surface area (Å²) in [5.74, 6) is 1.83. The molecule has 0 aromatic carbocycles. The molecule has 2 rings (SSSR count). The molecule has 1 aliphatic heterocycles. The van der Waals surface area contributed by atoms with Crippen molar-refractivity contribution in [3.63, 3.8) is 0 Å². The van der Waals surface area contributed by atoms with Crippen molar-refractivity contribution >= 4 is 17.8 Å². The van der Waals surface area contributed by atoms with E-state index in [2.05, 4.69) is 47.7 Å². The highest BCUT2D eigenvalue weighted by atomic mass is 32.2. The Morgan fingerprint density at radius 3 is 3.16 bits per heavy atom. The molecule has 1 aromatic heterocycles. The minimum absolute atomic E-state index is 0.663. The highest BCUT2D eigenvalue weighted by Gasteiger charge is 2.22. The quantitative estimate of drug-likeness (QED) is 0.869. The Hall–Kier alpha value is -0.680. The van der Waals surface area contributed by atoms with Gasteiger partial charge in [0.05, 0.1) is 5.69 Å². The molecule has 1 aromatic rings. The predicted molar refractivity (Wildman–Crippen MR) is 81.8 cm³/mol. The second-order valence-corrected chi connectivity index (χ2v) is 6.90. The average Bonchev–Trinajstić information content (AvgIpc) is 2.87. The third kappa shape index (κ3) is 4.42. The SMILES string of the molecule is CCC1CN(c2nc(CNCC(C)C)co2)CCS1. The van der Waals surface area contributed by atoms with Gasteiger partial charge in [0.25, 0.3) is 6.01 Å². The van der Waals surface area contributed by atoms with Crippen molar-refractivity contribution in [2.24, 2.45) is 5.92 Å². The molecule has 0 spiro atoms. The Morgan fingerprint density at radius 1 is 1.58 bits per heavy atom. The van der Waals surface area contributed by atoms with Crippen LogP contribution in [0.3, 0.4) is 0 Å². The first-order valence-corrected chi connectivity index (χ1v) is 8.25. The highest BCUT2D eigenvalue weighted by molar-refractivity contribution is 8.00. The van der Waals surface area contributed by atoms with E-state index in [9.17, 15) is 0 Å². The monoisotopic (exact) mass is 283 g/mol. The zero-order valence-corrected chi connectivity index (χ0v) is 13.0. The van der Waals surface area contributed by atoms with Gasteiger partial charge in [0.1, 0.15) is 6.26 Å². The minimum Gasteiger partial charge on any atom is -0.432 e. The largest absolute Gasteiger partial charge is 0.432 e. The first kappa shape index (κ1) is 14.7. The molecular weight excluding hydrogens is 258 g/mol. The first-order valence-electron chi connectivity index (χ1n) is 7.20. The van der Waals surface area contributed by atoms with Gasteiger partial charge in [-0.1, -0.05) is 20.8 Å². The predicted octanol–water partition coefficient (Wildman–Crippen LogP) is 2.75. The van der Waals surface area contributed by atoms with Crippen LogP contribution in [-0.2, 0) is 6.54 Å². The van der Waals surface area contributed by atoms with E-state index in [0.717, 1.165) is 37.9 Å². The van der Waals surface area contributed by atoms with Crippen molar-refractivity contribution in [2.45, 2.75) is 39.0 Å². The first-order chi connectivity index (χ1) is 9.19. The Bertz CT molecular complexity index is 381. The van der Waals surface area contributed by atoms with E-state index >= 15 is 0 Å². The summed E-state index contributed by atoms with van der Waals surface area (Å²) in [6.07, 6.45) is 3.00. The maximum Gasteiger partial charge on any atom is 0.297 e. The summed E-state index contributed by atoms with van der Waals surface area (Å²) in [6, 6.07) is 0.792. The zero-order chi connectivity index (χ0) is 13.7. The third-order valence-electron chi connectivity index (χ3n) is 3.26. The van der Waals surface area contributed by atoms with Crippen LogP contribution in [0.15, 0.2) is 10.7 Å². The van der Waals surface area contributed by atoms with Crippen LogP contribution in [0.4, 0.5) is 6.01 Å². The average molecular weight is 283 g/mol. The summed E-state index contributed by atoms with van der Waals surface area (Å²) < 4.78 is 5.62. The number of oxazole rings is 1. The van der Waals surface area contributed by atoms with Gasteiger partial charge in [0, 0.05) is 30.6 Å². The van der Waals surface area contributed by atoms with Gasteiger partial charge in [0.15, 0.2) is 0 Å². The number of nitrogens with zero attached hydrogens (tertiary/aromatic N) is 2. The maximum absolute atomic E-state index is 5.62. The van der Waals surface area contributed by atoms with Crippen LogP contribution in [0.1, 0.15) is 32.9 Å². The topological polar surface area (TPSA) is 41.3 Å². The molecule has 1 atom stereocenters. The van der Waals surface area contributed by atoms with Gasteiger partial charge in [-0.05, 0) is 18.9 Å². The van der Waals surface area contributed by atoms with E-state index < -0.39 is 0 Å². The Balaban J connectivity index is 1.85. The molecule has 108 valence electrons.